The van der Waals surface area contributed by atoms with E-state index >= 15 is 0 Å². The molecule has 0 aliphatic heterocycles. The van der Waals surface area contributed by atoms with Crippen LogP contribution in [-0.4, -0.2) is 30.5 Å². The summed E-state index contributed by atoms with van der Waals surface area (Å²) in [5.41, 5.74) is 2.39. The van der Waals surface area contributed by atoms with Crippen molar-refractivity contribution in [2.45, 2.75) is 25.5 Å². The predicted molar refractivity (Wildman–Crippen MR) is 91.7 cm³/mol. The molecule has 0 aliphatic carbocycles. The van der Waals surface area contributed by atoms with Crippen LogP contribution in [0.5, 0.6) is 0 Å². The third kappa shape index (κ3) is 3.46. The van der Waals surface area contributed by atoms with Crippen molar-refractivity contribution in [2.24, 2.45) is 11.4 Å². The number of fused-ring (bicyclic) bond motifs is 1. The van der Waals surface area contributed by atoms with Crippen LogP contribution in [0.4, 0.5) is 0 Å². The molecule has 0 aliphatic rings. The molecule has 3 rings (SSSR count). The highest BCUT2D eigenvalue weighted by Gasteiger charge is 2.26. The molecule has 0 saturated heterocycles. The van der Waals surface area contributed by atoms with E-state index in [1.54, 1.807) is 10.7 Å². The van der Waals surface area contributed by atoms with E-state index in [1.807, 2.05) is 52.2 Å². The molecule has 120 valence electrons. The zero-order valence-electron chi connectivity index (χ0n) is 13.5. The summed E-state index contributed by atoms with van der Waals surface area (Å²) in [6.07, 6.45) is 3.43. The Labute approximate surface area is 137 Å². The SMILES string of the molecule is Cn1cc2cc(-c3cc(C=N[S+]([O-])C(C)(C)C)no3)ccc2n1. The van der Waals surface area contributed by atoms with Gasteiger partial charge in [0.15, 0.2) is 5.76 Å². The largest absolute Gasteiger partial charge is 0.591 e. The van der Waals surface area contributed by atoms with Gasteiger partial charge in [-0.15, -0.1) is 0 Å². The van der Waals surface area contributed by atoms with Crippen molar-refractivity contribution in [1.29, 1.82) is 0 Å². The van der Waals surface area contributed by atoms with Gasteiger partial charge in [0, 0.05) is 30.3 Å². The minimum absolute atomic E-state index is 0.394. The molecule has 3 aromatic rings. The molecule has 0 amide bonds. The van der Waals surface area contributed by atoms with E-state index in [0.717, 1.165) is 16.5 Å². The molecule has 2 aromatic heterocycles. The van der Waals surface area contributed by atoms with Gasteiger partial charge in [-0.05, 0) is 39.0 Å². The standard InChI is InChI=1S/C16H18N4O2S/c1-16(2,3)23(21)17-9-13-8-15(22-19-13)11-5-6-14-12(7-11)10-20(4)18-14/h5-10H,1-4H3. The second-order valence-corrected chi connectivity index (χ2v) is 8.22. The van der Waals surface area contributed by atoms with Crippen LogP contribution in [0.1, 0.15) is 26.5 Å². The Hall–Kier alpha value is -2.12. The van der Waals surface area contributed by atoms with Gasteiger partial charge in [-0.3, -0.25) is 4.68 Å². The first kappa shape index (κ1) is 15.8. The van der Waals surface area contributed by atoms with Gasteiger partial charge in [-0.25, -0.2) is 0 Å². The maximum Gasteiger partial charge on any atom is 0.167 e. The highest BCUT2D eigenvalue weighted by atomic mass is 32.2. The smallest absolute Gasteiger partial charge is 0.167 e. The fourth-order valence-electron chi connectivity index (χ4n) is 2.05. The summed E-state index contributed by atoms with van der Waals surface area (Å²) >= 11 is -1.31. The van der Waals surface area contributed by atoms with Crippen LogP contribution in [0.15, 0.2) is 39.4 Å². The normalized spacial score (nSPS) is 14.0. The quantitative estimate of drug-likeness (QED) is 0.546. The molecule has 7 heteroatoms. The van der Waals surface area contributed by atoms with Crippen LogP contribution < -0.4 is 0 Å². The summed E-state index contributed by atoms with van der Waals surface area (Å²) in [5, 5.41) is 9.33. The molecule has 0 saturated carbocycles. The molecule has 1 aromatic carbocycles. The number of hydrogen-bond acceptors (Lipinski definition) is 5. The Morgan fingerprint density at radius 3 is 2.83 bits per heavy atom. The molecule has 0 bridgehead atoms. The topological polar surface area (TPSA) is 79.3 Å². The lowest BCUT2D eigenvalue weighted by atomic mass is 10.1. The summed E-state index contributed by atoms with van der Waals surface area (Å²) in [5.74, 6) is 0.638. The molecule has 1 atom stereocenters. The van der Waals surface area contributed by atoms with Crippen molar-refractivity contribution in [3.05, 3.63) is 36.2 Å². The molecule has 1 unspecified atom stereocenters. The maximum absolute atomic E-state index is 11.9. The predicted octanol–water partition coefficient (Wildman–Crippen LogP) is 3.11. The number of aryl methyl sites for hydroxylation is 1. The molecule has 0 fully saturated rings. The van der Waals surface area contributed by atoms with E-state index in [2.05, 4.69) is 14.7 Å². The zero-order valence-corrected chi connectivity index (χ0v) is 14.3. The zero-order chi connectivity index (χ0) is 16.6. The third-order valence-corrected chi connectivity index (χ3v) is 4.58. The number of hydrogen-bond donors (Lipinski definition) is 0. The highest BCUT2D eigenvalue weighted by Crippen LogP contribution is 2.24. The first-order valence-corrected chi connectivity index (χ1v) is 8.30. The van der Waals surface area contributed by atoms with Crippen molar-refractivity contribution in [1.82, 2.24) is 14.9 Å². The van der Waals surface area contributed by atoms with E-state index in [9.17, 15) is 4.55 Å². The van der Waals surface area contributed by atoms with Crippen LogP contribution in [-0.2, 0) is 18.4 Å². The number of rotatable bonds is 3. The molecule has 0 spiro atoms. The average molecular weight is 330 g/mol. The van der Waals surface area contributed by atoms with E-state index in [1.165, 1.54) is 6.21 Å². The molecule has 6 nitrogen and oxygen atoms in total. The van der Waals surface area contributed by atoms with Crippen LogP contribution in [0, 0.1) is 0 Å². The monoisotopic (exact) mass is 330 g/mol. The average Bonchev–Trinajstić information content (AvgIpc) is 3.07. The van der Waals surface area contributed by atoms with Gasteiger partial charge >= 0.3 is 0 Å². The Bertz CT molecular complexity index is 860. The minimum atomic E-state index is -1.31. The Kier molecular flexibility index (Phi) is 3.99. The van der Waals surface area contributed by atoms with E-state index < -0.39 is 16.1 Å². The van der Waals surface area contributed by atoms with Crippen LogP contribution in [0.3, 0.4) is 0 Å². The number of aromatic nitrogens is 3. The van der Waals surface area contributed by atoms with Gasteiger partial charge in [-0.1, -0.05) is 9.55 Å². The molecule has 0 radical (unpaired) electrons. The van der Waals surface area contributed by atoms with Crippen molar-refractivity contribution in [2.75, 3.05) is 0 Å². The van der Waals surface area contributed by atoms with Crippen molar-refractivity contribution in [3.63, 3.8) is 0 Å². The third-order valence-electron chi connectivity index (χ3n) is 3.24. The first-order chi connectivity index (χ1) is 10.8. The van der Waals surface area contributed by atoms with Gasteiger partial charge in [-0.2, -0.15) is 5.10 Å². The van der Waals surface area contributed by atoms with E-state index in [0.29, 0.717) is 11.5 Å². The van der Waals surface area contributed by atoms with Crippen LogP contribution >= 0.6 is 0 Å². The fraction of sp³-hybridized carbons (Fsp3) is 0.312. The summed E-state index contributed by atoms with van der Waals surface area (Å²) in [6, 6.07) is 7.65. The lowest BCUT2D eigenvalue weighted by Gasteiger charge is -2.17. The molecule has 2 heterocycles. The molecule has 23 heavy (non-hydrogen) atoms. The second-order valence-electron chi connectivity index (χ2n) is 6.29. The van der Waals surface area contributed by atoms with E-state index in [4.69, 9.17) is 4.52 Å². The maximum atomic E-state index is 11.9. The summed E-state index contributed by atoms with van der Waals surface area (Å²) in [6.45, 7) is 5.62. The van der Waals surface area contributed by atoms with Gasteiger partial charge in [0.2, 0.25) is 0 Å². The fourth-order valence-corrected chi connectivity index (χ4v) is 2.57. The number of benzene rings is 1. The minimum Gasteiger partial charge on any atom is -0.591 e. The molecule has 0 N–H and O–H groups in total. The van der Waals surface area contributed by atoms with E-state index in [-0.39, 0.29) is 0 Å². The lowest BCUT2D eigenvalue weighted by Crippen LogP contribution is -2.25. The van der Waals surface area contributed by atoms with Crippen molar-refractivity contribution < 1.29 is 9.08 Å². The first-order valence-electron chi connectivity index (χ1n) is 7.19. The molecular formula is C16H18N4O2S. The van der Waals surface area contributed by atoms with Gasteiger partial charge in [0.1, 0.15) is 28.0 Å². The highest BCUT2D eigenvalue weighted by molar-refractivity contribution is 7.91. The summed E-state index contributed by atoms with van der Waals surface area (Å²) < 4.78 is 22.7. The number of nitrogens with zero attached hydrogens (tertiary/aromatic N) is 4. The van der Waals surface area contributed by atoms with Crippen molar-refractivity contribution in [3.8, 4) is 11.3 Å². The Morgan fingerprint density at radius 1 is 1.30 bits per heavy atom. The Balaban J connectivity index is 1.84. The second kappa shape index (κ2) is 5.82. The molecular weight excluding hydrogens is 312 g/mol. The summed E-state index contributed by atoms with van der Waals surface area (Å²) in [4.78, 5) is 0. The van der Waals surface area contributed by atoms with Crippen LogP contribution in [0.25, 0.3) is 22.2 Å². The Morgan fingerprint density at radius 2 is 2.09 bits per heavy atom. The van der Waals surface area contributed by atoms with Gasteiger partial charge < -0.3 is 9.08 Å². The van der Waals surface area contributed by atoms with Gasteiger partial charge in [0.25, 0.3) is 0 Å². The van der Waals surface area contributed by atoms with Crippen LogP contribution in [0.2, 0.25) is 0 Å². The lowest BCUT2D eigenvalue weighted by molar-refractivity contribution is 0.431. The summed E-state index contributed by atoms with van der Waals surface area (Å²) in [7, 11) is 1.89. The van der Waals surface area contributed by atoms with Crippen molar-refractivity contribution >= 4 is 28.5 Å². The van der Waals surface area contributed by atoms with Gasteiger partial charge in [0.05, 0.1) is 5.52 Å².